The highest BCUT2D eigenvalue weighted by Gasteiger charge is 2.26. The van der Waals surface area contributed by atoms with E-state index in [-0.39, 0.29) is 36.2 Å². The zero-order valence-electron chi connectivity index (χ0n) is 17.1. The summed E-state index contributed by atoms with van der Waals surface area (Å²) in [5, 5.41) is 6.55. The van der Waals surface area contributed by atoms with Crippen LogP contribution in [0.4, 0.5) is 0 Å². The number of hydrogen-bond acceptors (Lipinski definition) is 4. The van der Waals surface area contributed by atoms with Crippen LogP contribution < -0.4 is 10.6 Å². The van der Waals surface area contributed by atoms with Gasteiger partial charge in [-0.05, 0) is 44.2 Å². The molecule has 7 heteroatoms. The standard InChI is InChI=1S/C22H33N3O3.ClH/c26-21-17-20(18-7-2-1-3-8-18)23-12-6-14-25(13-5-4-11-24-21)22(27)19-9-15-28-16-10-19;/h1-3,7-8,19-20,23H,4-6,9-17H2,(H,24,26);1H. The van der Waals surface area contributed by atoms with E-state index in [0.717, 1.165) is 57.3 Å². The van der Waals surface area contributed by atoms with Crippen molar-refractivity contribution >= 4 is 24.2 Å². The number of benzene rings is 1. The topological polar surface area (TPSA) is 70.7 Å². The first kappa shape index (κ1) is 23.6. The van der Waals surface area contributed by atoms with Gasteiger partial charge in [0.1, 0.15) is 0 Å². The van der Waals surface area contributed by atoms with Crippen molar-refractivity contribution in [1.82, 2.24) is 15.5 Å². The summed E-state index contributed by atoms with van der Waals surface area (Å²) in [6.45, 7) is 4.37. The van der Waals surface area contributed by atoms with Gasteiger partial charge in [-0.25, -0.2) is 0 Å². The minimum atomic E-state index is 0. The molecule has 2 aliphatic heterocycles. The van der Waals surface area contributed by atoms with Crippen molar-refractivity contribution < 1.29 is 14.3 Å². The van der Waals surface area contributed by atoms with Crippen molar-refractivity contribution in [2.75, 3.05) is 39.4 Å². The number of carbonyl (C=O) groups is 2. The van der Waals surface area contributed by atoms with E-state index in [9.17, 15) is 9.59 Å². The SMILES string of the molecule is Cl.O=C1CC(c2ccccc2)NCCCN(C(=O)C2CCOCC2)CCCCN1. The van der Waals surface area contributed by atoms with Gasteiger partial charge in [0.05, 0.1) is 0 Å². The molecular weight excluding hydrogens is 390 g/mol. The second kappa shape index (κ2) is 12.8. The molecule has 2 heterocycles. The van der Waals surface area contributed by atoms with E-state index in [1.54, 1.807) is 0 Å². The number of rotatable bonds is 2. The van der Waals surface area contributed by atoms with Crippen molar-refractivity contribution in [3.63, 3.8) is 0 Å². The third kappa shape index (κ3) is 7.61. The third-order valence-electron chi connectivity index (χ3n) is 5.65. The maximum Gasteiger partial charge on any atom is 0.225 e. The molecule has 1 atom stereocenters. The molecule has 0 aliphatic carbocycles. The summed E-state index contributed by atoms with van der Waals surface area (Å²) in [5.74, 6) is 0.465. The van der Waals surface area contributed by atoms with Crippen LogP contribution >= 0.6 is 12.4 Å². The third-order valence-corrected chi connectivity index (χ3v) is 5.65. The van der Waals surface area contributed by atoms with Gasteiger partial charge in [-0.3, -0.25) is 9.59 Å². The molecule has 2 fully saturated rings. The van der Waals surface area contributed by atoms with Crippen LogP contribution in [0.3, 0.4) is 0 Å². The monoisotopic (exact) mass is 423 g/mol. The van der Waals surface area contributed by atoms with E-state index in [0.29, 0.717) is 26.2 Å². The Hall–Kier alpha value is -1.63. The maximum absolute atomic E-state index is 13.0. The summed E-state index contributed by atoms with van der Waals surface area (Å²) in [7, 11) is 0. The predicted molar refractivity (Wildman–Crippen MR) is 116 cm³/mol. The molecule has 0 bridgehead atoms. The Morgan fingerprint density at radius 1 is 1.00 bits per heavy atom. The minimum Gasteiger partial charge on any atom is -0.381 e. The van der Waals surface area contributed by atoms with Crippen LogP contribution in [0.1, 0.15) is 50.1 Å². The quantitative estimate of drug-likeness (QED) is 0.767. The normalized spacial score (nSPS) is 23.0. The Labute approximate surface area is 180 Å². The predicted octanol–water partition coefficient (Wildman–Crippen LogP) is 2.68. The summed E-state index contributed by atoms with van der Waals surface area (Å²) < 4.78 is 5.41. The fourth-order valence-electron chi connectivity index (χ4n) is 3.99. The van der Waals surface area contributed by atoms with E-state index in [4.69, 9.17) is 4.74 Å². The van der Waals surface area contributed by atoms with Gasteiger partial charge in [-0.1, -0.05) is 30.3 Å². The van der Waals surface area contributed by atoms with Gasteiger partial charge < -0.3 is 20.3 Å². The summed E-state index contributed by atoms with van der Waals surface area (Å²) in [5.41, 5.74) is 1.13. The summed E-state index contributed by atoms with van der Waals surface area (Å²) in [6.07, 6.45) is 4.81. The lowest BCUT2D eigenvalue weighted by Gasteiger charge is -2.29. The van der Waals surface area contributed by atoms with E-state index >= 15 is 0 Å². The van der Waals surface area contributed by atoms with Gasteiger partial charge >= 0.3 is 0 Å². The Balaban J connectivity index is 0.00000300. The van der Waals surface area contributed by atoms with Crippen molar-refractivity contribution in [1.29, 1.82) is 0 Å². The highest BCUT2D eigenvalue weighted by Crippen LogP contribution is 2.19. The molecule has 2 amide bonds. The van der Waals surface area contributed by atoms with Gasteiger partial charge in [0.2, 0.25) is 11.8 Å². The lowest BCUT2D eigenvalue weighted by Crippen LogP contribution is -2.40. The van der Waals surface area contributed by atoms with Crippen LogP contribution in [0.15, 0.2) is 30.3 Å². The smallest absolute Gasteiger partial charge is 0.225 e. The highest BCUT2D eigenvalue weighted by atomic mass is 35.5. The average molecular weight is 424 g/mol. The van der Waals surface area contributed by atoms with Crippen molar-refractivity contribution in [2.45, 2.75) is 44.6 Å². The average Bonchev–Trinajstić information content (AvgIpc) is 2.76. The molecule has 1 aromatic carbocycles. The first-order valence-electron chi connectivity index (χ1n) is 10.7. The molecule has 1 unspecified atom stereocenters. The van der Waals surface area contributed by atoms with Gasteiger partial charge in [0, 0.05) is 51.2 Å². The number of amides is 2. The van der Waals surface area contributed by atoms with Crippen LogP contribution in [0, 0.1) is 5.92 Å². The largest absolute Gasteiger partial charge is 0.381 e. The molecule has 0 radical (unpaired) electrons. The highest BCUT2D eigenvalue weighted by molar-refractivity contribution is 5.85. The molecule has 0 spiro atoms. The van der Waals surface area contributed by atoms with Gasteiger partial charge in [0.15, 0.2) is 0 Å². The lowest BCUT2D eigenvalue weighted by molar-refractivity contribution is -0.138. The molecule has 3 rings (SSSR count). The number of halogens is 1. The molecule has 2 N–H and O–H groups in total. The maximum atomic E-state index is 13.0. The van der Waals surface area contributed by atoms with E-state index in [1.165, 1.54) is 0 Å². The zero-order valence-corrected chi connectivity index (χ0v) is 17.9. The Bertz CT molecular complexity index is 623. The second-order valence-corrected chi connectivity index (χ2v) is 7.74. The number of nitrogens with one attached hydrogen (secondary N) is 2. The Morgan fingerprint density at radius 2 is 1.72 bits per heavy atom. The van der Waals surface area contributed by atoms with Crippen LogP contribution in [-0.4, -0.2) is 56.1 Å². The lowest BCUT2D eigenvalue weighted by atomic mass is 9.98. The van der Waals surface area contributed by atoms with Crippen LogP contribution in [-0.2, 0) is 14.3 Å². The number of nitrogens with zero attached hydrogens (tertiary/aromatic N) is 1. The number of ether oxygens (including phenoxy) is 1. The summed E-state index contributed by atoms with van der Waals surface area (Å²) in [6, 6.07) is 10.1. The molecule has 162 valence electrons. The molecular formula is C22H34ClN3O3. The van der Waals surface area contributed by atoms with Gasteiger partial charge in [-0.2, -0.15) is 0 Å². The molecule has 1 aromatic rings. The number of hydrogen-bond donors (Lipinski definition) is 2. The molecule has 29 heavy (non-hydrogen) atoms. The van der Waals surface area contributed by atoms with Crippen LogP contribution in [0.5, 0.6) is 0 Å². The van der Waals surface area contributed by atoms with Crippen LogP contribution in [0.25, 0.3) is 0 Å². The van der Waals surface area contributed by atoms with E-state index in [2.05, 4.69) is 22.8 Å². The molecule has 2 aliphatic rings. The zero-order chi connectivity index (χ0) is 19.6. The molecule has 0 aromatic heterocycles. The van der Waals surface area contributed by atoms with Crippen LogP contribution in [0.2, 0.25) is 0 Å². The van der Waals surface area contributed by atoms with E-state index in [1.807, 2.05) is 23.1 Å². The second-order valence-electron chi connectivity index (χ2n) is 7.74. The van der Waals surface area contributed by atoms with Crippen molar-refractivity contribution in [2.24, 2.45) is 5.92 Å². The van der Waals surface area contributed by atoms with Crippen molar-refractivity contribution in [3.8, 4) is 0 Å². The van der Waals surface area contributed by atoms with E-state index < -0.39 is 0 Å². The molecule has 2 saturated heterocycles. The molecule has 6 nitrogen and oxygen atoms in total. The number of carbonyl (C=O) groups excluding carboxylic acids is 2. The Kier molecular flexibility index (Phi) is 10.5. The Morgan fingerprint density at radius 3 is 2.48 bits per heavy atom. The fraction of sp³-hybridized carbons (Fsp3) is 0.636. The van der Waals surface area contributed by atoms with Crippen molar-refractivity contribution in [3.05, 3.63) is 35.9 Å². The van der Waals surface area contributed by atoms with Gasteiger partial charge in [-0.15, -0.1) is 12.4 Å². The first-order valence-corrected chi connectivity index (χ1v) is 10.7. The first-order chi connectivity index (χ1) is 13.7. The fourth-order valence-corrected chi connectivity index (χ4v) is 3.99. The molecule has 0 saturated carbocycles. The summed E-state index contributed by atoms with van der Waals surface area (Å²) in [4.78, 5) is 27.3. The van der Waals surface area contributed by atoms with Gasteiger partial charge in [0.25, 0.3) is 0 Å². The summed E-state index contributed by atoms with van der Waals surface area (Å²) >= 11 is 0. The minimum absolute atomic E-state index is 0.